The lowest BCUT2D eigenvalue weighted by molar-refractivity contribution is 0.0970. The summed E-state index contributed by atoms with van der Waals surface area (Å²) in [5.41, 5.74) is 5.37. The van der Waals surface area contributed by atoms with E-state index in [0.29, 0.717) is 16.5 Å². The maximum atomic E-state index is 13.0. The Bertz CT molecular complexity index is 1280. The van der Waals surface area contributed by atoms with E-state index in [1.807, 2.05) is 63.2 Å². The van der Waals surface area contributed by atoms with Crippen molar-refractivity contribution in [3.05, 3.63) is 99.4 Å². The van der Waals surface area contributed by atoms with Crippen molar-refractivity contribution < 1.29 is 4.79 Å². The van der Waals surface area contributed by atoms with Crippen LogP contribution < -0.4 is 5.56 Å². The van der Waals surface area contributed by atoms with Crippen LogP contribution in [0.1, 0.15) is 32.9 Å². The van der Waals surface area contributed by atoms with E-state index in [-0.39, 0.29) is 17.9 Å². The maximum absolute atomic E-state index is 13.0. The number of carbonyl (C=O) groups is 1. The number of benzene rings is 2. The fourth-order valence-corrected chi connectivity index (χ4v) is 3.94. The van der Waals surface area contributed by atoms with Gasteiger partial charge in [0.2, 0.25) is 0 Å². The van der Waals surface area contributed by atoms with E-state index in [4.69, 9.17) is 0 Å². The predicted octanol–water partition coefficient (Wildman–Crippen LogP) is 4.25. The minimum Gasteiger partial charge on any atom is -0.348 e. The molecule has 0 spiro atoms. The van der Waals surface area contributed by atoms with Gasteiger partial charge in [0.1, 0.15) is 0 Å². The Labute approximate surface area is 175 Å². The second kappa shape index (κ2) is 8.11. The molecule has 152 valence electrons. The third-order valence-corrected chi connectivity index (χ3v) is 5.63. The summed E-state index contributed by atoms with van der Waals surface area (Å²) in [5.74, 6) is -0.0787. The van der Waals surface area contributed by atoms with Crippen LogP contribution in [-0.2, 0) is 19.5 Å². The molecular formula is C25H25N3O2. The minimum absolute atomic E-state index is 0.0152. The zero-order valence-electron chi connectivity index (χ0n) is 17.6. The molecule has 4 rings (SSSR count). The van der Waals surface area contributed by atoms with Crippen LogP contribution in [0.25, 0.3) is 10.9 Å². The Balaban J connectivity index is 1.58. The van der Waals surface area contributed by atoms with Gasteiger partial charge in [-0.1, -0.05) is 42.0 Å². The summed E-state index contributed by atoms with van der Waals surface area (Å²) in [6.07, 6.45) is 2.37. The summed E-state index contributed by atoms with van der Waals surface area (Å²) in [5, 5.41) is 0.540. The van der Waals surface area contributed by atoms with Gasteiger partial charge >= 0.3 is 0 Å². The van der Waals surface area contributed by atoms with Crippen molar-refractivity contribution in [2.24, 2.45) is 0 Å². The highest BCUT2D eigenvalue weighted by atomic mass is 16.1. The smallest absolute Gasteiger partial charge is 0.261 e. The average Bonchev–Trinajstić information content (AvgIpc) is 3.03. The highest BCUT2D eigenvalue weighted by Gasteiger charge is 2.17. The van der Waals surface area contributed by atoms with E-state index in [2.05, 4.69) is 21.7 Å². The molecule has 0 fully saturated rings. The van der Waals surface area contributed by atoms with Gasteiger partial charge in [-0.15, -0.1) is 0 Å². The van der Waals surface area contributed by atoms with E-state index >= 15 is 0 Å². The van der Waals surface area contributed by atoms with E-state index in [9.17, 15) is 9.59 Å². The Morgan fingerprint density at radius 3 is 2.53 bits per heavy atom. The van der Waals surface area contributed by atoms with Crippen molar-refractivity contribution in [3.63, 3.8) is 0 Å². The Hall–Kier alpha value is -3.47. The molecule has 0 aliphatic heterocycles. The summed E-state index contributed by atoms with van der Waals surface area (Å²) in [7, 11) is 0. The van der Waals surface area contributed by atoms with Gasteiger partial charge in [0.05, 0.1) is 23.8 Å². The van der Waals surface area contributed by atoms with Crippen LogP contribution in [0.2, 0.25) is 0 Å². The molecule has 0 N–H and O–H groups in total. The van der Waals surface area contributed by atoms with Gasteiger partial charge in [0, 0.05) is 23.5 Å². The van der Waals surface area contributed by atoms with Gasteiger partial charge < -0.3 is 4.57 Å². The molecule has 0 aliphatic carbocycles. The second-order valence-corrected chi connectivity index (χ2v) is 7.79. The molecule has 0 bridgehead atoms. The Kier molecular flexibility index (Phi) is 5.36. The number of aromatic nitrogens is 3. The molecule has 2 aromatic carbocycles. The number of ketones is 1. The fourth-order valence-electron chi connectivity index (χ4n) is 3.94. The number of rotatable bonds is 6. The molecule has 2 aromatic heterocycles. The van der Waals surface area contributed by atoms with Crippen LogP contribution in [-0.4, -0.2) is 19.9 Å². The molecule has 0 saturated heterocycles. The molecule has 0 atom stereocenters. The predicted molar refractivity (Wildman–Crippen MR) is 119 cm³/mol. The summed E-state index contributed by atoms with van der Waals surface area (Å²) in [6, 6.07) is 17.8. The first-order chi connectivity index (χ1) is 14.4. The molecule has 0 unspecified atom stereocenters. The second-order valence-electron chi connectivity index (χ2n) is 7.79. The molecule has 0 saturated carbocycles. The number of hydrogen-bond acceptors (Lipinski definition) is 3. The third-order valence-electron chi connectivity index (χ3n) is 5.63. The number of Topliss-reactive ketones (excluding diaryl/α,β-unsaturated/α-hetero) is 1. The Morgan fingerprint density at radius 1 is 1.00 bits per heavy atom. The lowest BCUT2D eigenvalue weighted by Gasteiger charge is -2.10. The molecular weight excluding hydrogens is 374 g/mol. The summed E-state index contributed by atoms with van der Waals surface area (Å²) in [6.45, 7) is 6.72. The average molecular weight is 399 g/mol. The first-order valence-electron chi connectivity index (χ1n) is 10.1. The van der Waals surface area contributed by atoms with Crippen molar-refractivity contribution in [1.82, 2.24) is 14.1 Å². The number of carbonyl (C=O) groups excluding carboxylic acids is 1. The van der Waals surface area contributed by atoms with Gasteiger partial charge in [-0.05, 0) is 51.0 Å². The summed E-state index contributed by atoms with van der Waals surface area (Å²) in [4.78, 5) is 30.2. The van der Waals surface area contributed by atoms with Crippen molar-refractivity contribution in [3.8, 4) is 0 Å². The molecule has 4 aromatic rings. The molecule has 5 nitrogen and oxygen atoms in total. The summed E-state index contributed by atoms with van der Waals surface area (Å²) >= 11 is 0. The third kappa shape index (κ3) is 3.83. The van der Waals surface area contributed by atoms with Crippen LogP contribution >= 0.6 is 0 Å². The molecule has 2 heterocycles. The van der Waals surface area contributed by atoms with Gasteiger partial charge in [-0.2, -0.15) is 0 Å². The first kappa shape index (κ1) is 19.8. The van der Waals surface area contributed by atoms with Crippen LogP contribution in [0, 0.1) is 20.8 Å². The van der Waals surface area contributed by atoms with Crippen LogP contribution in [0.4, 0.5) is 0 Å². The first-order valence-corrected chi connectivity index (χ1v) is 10.1. The fraction of sp³-hybridized carbons (Fsp3) is 0.240. The zero-order valence-corrected chi connectivity index (χ0v) is 17.6. The van der Waals surface area contributed by atoms with E-state index in [1.165, 1.54) is 16.5 Å². The highest BCUT2D eigenvalue weighted by molar-refractivity contribution is 5.97. The molecule has 30 heavy (non-hydrogen) atoms. The van der Waals surface area contributed by atoms with Crippen molar-refractivity contribution in [1.29, 1.82) is 0 Å². The standard InChI is InChI=1S/C25H25N3O2/c1-17-9-10-23-22(13-17)25(30)27(16-26-23)15-24(29)21-14-18(2)28(19(21)3)12-11-20-7-5-4-6-8-20/h4-10,13-14,16H,11-12,15H2,1-3H3. The number of hydrogen-bond donors (Lipinski definition) is 0. The quantitative estimate of drug-likeness (QED) is 0.456. The zero-order chi connectivity index (χ0) is 21.3. The van der Waals surface area contributed by atoms with Crippen molar-refractivity contribution in [2.45, 2.75) is 40.3 Å². The van der Waals surface area contributed by atoms with Gasteiger partial charge in [-0.25, -0.2) is 4.98 Å². The van der Waals surface area contributed by atoms with Crippen LogP contribution in [0.15, 0.2) is 65.7 Å². The Morgan fingerprint density at radius 2 is 1.77 bits per heavy atom. The van der Waals surface area contributed by atoms with Gasteiger partial charge in [0.25, 0.3) is 5.56 Å². The molecule has 0 amide bonds. The van der Waals surface area contributed by atoms with Crippen molar-refractivity contribution >= 4 is 16.7 Å². The monoisotopic (exact) mass is 399 g/mol. The number of fused-ring (bicyclic) bond motifs is 1. The van der Waals surface area contributed by atoms with Crippen LogP contribution in [0.5, 0.6) is 0 Å². The lowest BCUT2D eigenvalue weighted by Crippen LogP contribution is -2.25. The van der Waals surface area contributed by atoms with Crippen molar-refractivity contribution in [2.75, 3.05) is 0 Å². The summed E-state index contributed by atoms with van der Waals surface area (Å²) < 4.78 is 3.57. The van der Waals surface area contributed by atoms with Gasteiger partial charge in [0.15, 0.2) is 5.78 Å². The number of aryl methyl sites for hydroxylation is 3. The van der Waals surface area contributed by atoms with E-state index < -0.39 is 0 Å². The number of nitrogens with zero attached hydrogens (tertiary/aromatic N) is 3. The topological polar surface area (TPSA) is 56.9 Å². The molecule has 5 heteroatoms. The lowest BCUT2D eigenvalue weighted by atomic mass is 10.1. The largest absolute Gasteiger partial charge is 0.348 e. The molecule has 0 radical (unpaired) electrons. The van der Waals surface area contributed by atoms with E-state index in [1.54, 1.807) is 0 Å². The van der Waals surface area contributed by atoms with Crippen LogP contribution in [0.3, 0.4) is 0 Å². The van der Waals surface area contributed by atoms with E-state index in [0.717, 1.165) is 29.9 Å². The minimum atomic E-state index is -0.185. The van der Waals surface area contributed by atoms with Gasteiger partial charge in [-0.3, -0.25) is 14.2 Å². The normalized spacial score (nSPS) is 11.2. The highest BCUT2D eigenvalue weighted by Crippen LogP contribution is 2.18. The SMILES string of the molecule is Cc1ccc2ncn(CC(=O)c3cc(C)n(CCc4ccccc4)c3C)c(=O)c2c1. The maximum Gasteiger partial charge on any atom is 0.261 e. The molecule has 0 aliphatic rings.